The minimum absolute atomic E-state index is 0.0919. The molecule has 0 fully saturated rings. The number of halogens is 3. The van der Waals surface area contributed by atoms with Crippen molar-refractivity contribution in [2.45, 2.75) is 13.1 Å². The molecular formula is C11H12F3NO3. The number of nitrogens with one attached hydrogen (secondary N) is 1. The van der Waals surface area contributed by atoms with E-state index in [4.69, 9.17) is 4.74 Å². The van der Waals surface area contributed by atoms with Crippen molar-refractivity contribution in [3.63, 3.8) is 0 Å². The van der Waals surface area contributed by atoms with E-state index >= 15 is 0 Å². The maximum Gasteiger partial charge on any atom is 0.416 e. The van der Waals surface area contributed by atoms with Gasteiger partial charge in [0.1, 0.15) is 5.75 Å². The van der Waals surface area contributed by atoms with E-state index in [0.29, 0.717) is 0 Å². The van der Waals surface area contributed by atoms with Crippen molar-refractivity contribution in [2.24, 2.45) is 0 Å². The lowest BCUT2D eigenvalue weighted by Crippen LogP contribution is -2.15. The monoisotopic (exact) mass is 263 g/mol. The van der Waals surface area contributed by atoms with Crippen LogP contribution >= 0.6 is 0 Å². The van der Waals surface area contributed by atoms with Crippen molar-refractivity contribution in [2.75, 3.05) is 19.0 Å². The highest BCUT2D eigenvalue weighted by atomic mass is 19.4. The van der Waals surface area contributed by atoms with Crippen LogP contribution in [0.15, 0.2) is 18.2 Å². The lowest BCUT2D eigenvalue weighted by atomic mass is 10.2. The molecule has 100 valence electrons. The van der Waals surface area contributed by atoms with E-state index in [1.807, 2.05) is 0 Å². The molecule has 18 heavy (non-hydrogen) atoms. The van der Waals surface area contributed by atoms with E-state index < -0.39 is 17.8 Å². The largest absolute Gasteiger partial charge is 0.495 e. The maximum atomic E-state index is 12.5. The average molecular weight is 263 g/mol. The Balaban J connectivity index is 3.03. The Morgan fingerprint density at radius 2 is 2.06 bits per heavy atom. The summed E-state index contributed by atoms with van der Waals surface area (Å²) in [6.07, 6.45) is -5.33. The number of carbonyl (C=O) groups is 1. The highest BCUT2D eigenvalue weighted by molar-refractivity contribution is 5.86. The molecule has 1 N–H and O–H groups in total. The van der Waals surface area contributed by atoms with Crippen LogP contribution in [0.4, 0.5) is 23.7 Å². The van der Waals surface area contributed by atoms with E-state index in [-0.39, 0.29) is 18.0 Å². The molecule has 1 aromatic rings. The highest BCUT2D eigenvalue weighted by Crippen LogP contribution is 2.34. The van der Waals surface area contributed by atoms with Crippen molar-refractivity contribution in [3.05, 3.63) is 23.8 Å². The first-order valence-electron chi connectivity index (χ1n) is 5.07. The number of methoxy groups -OCH3 is 1. The van der Waals surface area contributed by atoms with E-state index in [0.717, 1.165) is 18.2 Å². The van der Waals surface area contributed by atoms with Crippen LogP contribution in [0, 0.1) is 0 Å². The normalized spacial score (nSPS) is 10.9. The Morgan fingerprint density at radius 1 is 1.39 bits per heavy atom. The molecule has 0 atom stereocenters. The molecule has 1 amide bonds. The van der Waals surface area contributed by atoms with Gasteiger partial charge in [-0.3, -0.25) is 5.32 Å². The third kappa shape index (κ3) is 3.54. The van der Waals surface area contributed by atoms with Gasteiger partial charge in [-0.25, -0.2) is 4.79 Å². The van der Waals surface area contributed by atoms with Gasteiger partial charge in [-0.1, -0.05) is 0 Å². The van der Waals surface area contributed by atoms with Gasteiger partial charge in [0.25, 0.3) is 0 Å². The summed E-state index contributed by atoms with van der Waals surface area (Å²) in [5.41, 5.74) is -0.971. The van der Waals surface area contributed by atoms with Crippen LogP contribution in [-0.2, 0) is 10.9 Å². The number of hydrogen-bond donors (Lipinski definition) is 1. The lowest BCUT2D eigenvalue weighted by molar-refractivity contribution is -0.137. The number of carbonyl (C=O) groups excluding carboxylic acids is 1. The summed E-state index contributed by atoms with van der Waals surface area (Å²) in [5.74, 6) is 0.121. The van der Waals surface area contributed by atoms with Crippen LogP contribution < -0.4 is 10.1 Å². The second kappa shape index (κ2) is 5.61. The molecule has 0 heterocycles. The molecule has 0 aliphatic heterocycles. The van der Waals surface area contributed by atoms with Crippen molar-refractivity contribution >= 4 is 11.8 Å². The van der Waals surface area contributed by atoms with E-state index in [1.165, 1.54) is 7.11 Å². The summed E-state index contributed by atoms with van der Waals surface area (Å²) < 4.78 is 47.0. The van der Waals surface area contributed by atoms with Gasteiger partial charge in [0.15, 0.2) is 0 Å². The van der Waals surface area contributed by atoms with Crippen LogP contribution in [0.3, 0.4) is 0 Å². The smallest absolute Gasteiger partial charge is 0.416 e. The second-order valence-corrected chi connectivity index (χ2v) is 3.26. The molecule has 0 unspecified atom stereocenters. The zero-order valence-electron chi connectivity index (χ0n) is 9.80. The van der Waals surface area contributed by atoms with Crippen LogP contribution in [-0.4, -0.2) is 19.8 Å². The summed E-state index contributed by atoms with van der Waals surface area (Å²) in [6, 6.07) is 2.79. The summed E-state index contributed by atoms with van der Waals surface area (Å²) in [6.45, 7) is 1.70. The molecule has 0 bridgehead atoms. The zero-order valence-corrected chi connectivity index (χ0v) is 9.80. The predicted octanol–water partition coefficient (Wildman–Crippen LogP) is 3.28. The standard InChI is InChI=1S/C11H12F3NO3/c1-3-18-10(16)15-8-6-7(11(12,13)14)4-5-9(8)17-2/h4-6H,3H2,1-2H3,(H,15,16). The van der Waals surface area contributed by atoms with Gasteiger partial charge in [-0.2, -0.15) is 13.2 Å². The van der Waals surface area contributed by atoms with Gasteiger partial charge in [0, 0.05) is 0 Å². The molecular weight excluding hydrogens is 251 g/mol. The Labute approximate surface area is 102 Å². The Bertz CT molecular complexity index is 432. The molecule has 0 aliphatic rings. The molecule has 0 spiro atoms. The van der Waals surface area contributed by atoms with Crippen molar-refractivity contribution in [1.29, 1.82) is 0 Å². The molecule has 0 radical (unpaired) electrons. The first kappa shape index (κ1) is 14.1. The van der Waals surface area contributed by atoms with Crippen molar-refractivity contribution < 1.29 is 27.4 Å². The van der Waals surface area contributed by atoms with Crippen LogP contribution in [0.25, 0.3) is 0 Å². The molecule has 1 rings (SSSR count). The Hall–Kier alpha value is -1.92. The molecule has 4 nitrogen and oxygen atoms in total. The molecule has 0 saturated heterocycles. The fraction of sp³-hybridized carbons (Fsp3) is 0.364. The van der Waals surface area contributed by atoms with Crippen LogP contribution in [0.1, 0.15) is 12.5 Å². The molecule has 0 saturated carbocycles. The van der Waals surface area contributed by atoms with Crippen molar-refractivity contribution in [3.8, 4) is 5.75 Å². The minimum Gasteiger partial charge on any atom is -0.495 e. The first-order valence-corrected chi connectivity index (χ1v) is 5.07. The van der Waals surface area contributed by atoms with Crippen molar-refractivity contribution in [1.82, 2.24) is 0 Å². The fourth-order valence-corrected chi connectivity index (χ4v) is 1.26. The van der Waals surface area contributed by atoms with E-state index in [2.05, 4.69) is 10.1 Å². The number of ether oxygens (including phenoxy) is 2. The number of alkyl halides is 3. The summed E-state index contributed by atoms with van der Waals surface area (Å²) in [4.78, 5) is 11.2. The van der Waals surface area contributed by atoms with Gasteiger partial charge >= 0.3 is 12.3 Å². The van der Waals surface area contributed by atoms with Gasteiger partial charge in [0.2, 0.25) is 0 Å². The summed E-state index contributed by atoms with van der Waals surface area (Å²) >= 11 is 0. The Morgan fingerprint density at radius 3 is 2.56 bits per heavy atom. The number of hydrogen-bond acceptors (Lipinski definition) is 3. The predicted molar refractivity (Wildman–Crippen MR) is 58.6 cm³/mol. The Kier molecular flexibility index (Phi) is 4.41. The number of benzene rings is 1. The number of amides is 1. The fourth-order valence-electron chi connectivity index (χ4n) is 1.26. The van der Waals surface area contributed by atoms with Gasteiger partial charge < -0.3 is 9.47 Å². The van der Waals surface area contributed by atoms with Crippen LogP contribution in [0.5, 0.6) is 5.75 Å². The lowest BCUT2D eigenvalue weighted by Gasteiger charge is -2.13. The van der Waals surface area contributed by atoms with Gasteiger partial charge in [0.05, 0.1) is 25.0 Å². The van der Waals surface area contributed by atoms with Crippen LogP contribution in [0.2, 0.25) is 0 Å². The third-order valence-electron chi connectivity index (χ3n) is 2.04. The van der Waals surface area contributed by atoms with E-state index in [9.17, 15) is 18.0 Å². The highest BCUT2D eigenvalue weighted by Gasteiger charge is 2.31. The van der Waals surface area contributed by atoms with E-state index in [1.54, 1.807) is 6.92 Å². The summed E-state index contributed by atoms with van der Waals surface area (Å²) in [5, 5.41) is 2.19. The first-order chi connectivity index (χ1) is 8.38. The average Bonchev–Trinajstić information content (AvgIpc) is 2.28. The third-order valence-corrected chi connectivity index (χ3v) is 2.04. The minimum atomic E-state index is -4.49. The zero-order chi connectivity index (χ0) is 13.8. The quantitative estimate of drug-likeness (QED) is 0.910. The topological polar surface area (TPSA) is 47.6 Å². The number of anilines is 1. The molecule has 1 aromatic carbocycles. The second-order valence-electron chi connectivity index (χ2n) is 3.26. The molecule has 0 aromatic heterocycles. The van der Waals surface area contributed by atoms with Gasteiger partial charge in [-0.05, 0) is 25.1 Å². The number of rotatable bonds is 3. The molecule has 7 heteroatoms. The maximum absolute atomic E-state index is 12.5. The van der Waals surface area contributed by atoms with Gasteiger partial charge in [-0.15, -0.1) is 0 Å². The molecule has 0 aliphatic carbocycles. The summed E-state index contributed by atoms with van der Waals surface area (Å²) in [7, 11) is 1.29. The SMILES string of the molecule is CCOC(=O)Nc1cc(C(F)(F)F)ccc1OC.